The monoisotopic (exact) mass is 359 g/mol. The molecule has 1 aromatic heterocycles. The van der Waals surface area contributed by atoms with Crippen LogP contribution in [-0.2, 0) is 6.54 Å². The van der Waals surface area contributed by atoms with Crippen LogP contribution >= 0.6 is 23.2 Å². The van der Waals surface area contributed by atoms with Gasteiger partial charge in [0.2, 0.25) is 0 Å². The number of aromatic nitrogens is 1. The molecule has 122 valence electrons. The third-order valence-electron chi connectivity index (χ3n) is 3.55. The van der Waals surface area contributed by atoms with Crippen molar-refractivity contribution < 1.29 is 4.74 Å². The van der Waals surface area contributed by atoms with E-state index in [-0.39, 0.29) is 5.56 Å². The van der Waals surface area contributed by atoms with Crippen LogP contribution in [0.25, 0.3) is 0 Å². The van der Waals surface area contributed by atoms with Gasteiger partial charge in [0.15, 0.2) is 5.56 Å². The Morgan fingerprint density at radius 2 is 1.71 bits per heavy atom. The second-order valence-corrected chi connectivity index (χ2v) is 6.07. The van der Waals surface area contributed by atoms with E-state index in [1.165, 1.54) is 6.07 Å². The molecule has 0 saturated carbocycles. The summed E-state index contributed by atoms with van der Waals surface area (Å²) < 4.78 is 7.25. The van der Waals surface area contributed by atoms with Crippen LogP contribution in [0.5, 0.6) is 5.75 Å². The van der Waals surface area contributed by atoms with Gasteiger partial charge in [-0.3, -0.25) is 4.79 Å². The molecule has 2 aromatic carbocycles. The van der Waals surface area contributed by atoms with Crippen molar-refractivity contribution in [1.29, 1.82) is 0 Å². The van der Waals surface area contributed by atoms with Gasteiger partial charge < -0.3 is 9.30 Å². The van der Waals surface area contributed by atoms with Crippen LogP contribution in [-0.4, -0.2) is 4.57 Å². The Hall–Kier alpha value is -2.23. The van der Waals surface area contributed by atoms with Crippen molar-refractivity contribution in [2.75, 3.05) is 0 Å². The largest absolute Gasteiger partial charge is 0.470 e. The number of rotatable bonds is 5. The molecule has 3 rings (SSSR count). The highest BCUT2D eigenvalue weighted by molar-refractivity contribution is 6.32. The lowest BCUT2D eigenvalue weighted by Crippen LogP contribution is -2.19. The Morgan fingerprint density at radius 1 is 1.00 bits per heavy atom. The van der Waals surface area contributed by atoms with Gasteiger partial charge in [0, 0.05) is 22.8 Å². The van der Waals surface area contributed by atoms with Gasteiger partial charge in [0.1, 0.15) is 5.75 Å². The molecule has 0 fully saturated rings. The minimum absolute atomic E-state index is 0.153. The Morgan fingerprint density at radius 3 is 2.42 bits per heavy atom. The Kier molecular flexibility index (Phi) is 5.24. The molecule has 0 bridgehead atoms. The molecule has 5 heteroatoms. The zero-order chi connectivity index (χ0) is 16.9. The quantitative estimate of drug-likeness (QED) is 0.608. The van der Waals surface area contributed by atoms with Crippen LogP contribution in [0.4, 0.5) is 0 Å². The average Bonchev–Trinajstić information content (AvgIpc) is 2.58. The number of nitrogens with zero attached hydrogens (tertiary/aromatic N) is 1. The number of benzene rings is 2. The van der Waals surface area contributed by atoms with Crippen LogP contribution < -0.4 is 10.3 Å². The Balaban J connectivity index is 1.75. The molecule has 0 amide bonds. The van der Waals surface area contributed by atoms with Crippen LogP contribution in [0.3, 0.4) is 0 Å². The first-order valence-electron chi connectivity index (χ1n) is 7.43. The molecule has 0 aliphatic heterocycles. The SMILES string of the molecule is O=c1cc(OC(Cl)c2ccccc2Cl)ccn1Cc1ccccc1. The number of halogens is 2. The van der Waals surface area contributed by atoms with E-state index in [1.54, 1.807) is 29.0 Å². The summed E-state index contributed by atoms with van der Waals surface area (Å²) in [7, 11) is 0. The van der Waals surface area contributed by atoms with Gasteiger partial charge in [-0.2, -0.15) is 0 Å². The highest BCUT2D eigenvalue weighted by atomic mass is 35.5. The fourth-order valence-corrected chi connectivity index (χ4v) is 2.90. The first-order chi connectivity index (χ1) is 11.6. The number of pyridine rings is 1. The van der Waals surface area contributed by atoms with E-state index < -0.39 is 5.56 Å². The maximum Gasteiger partial charge on any atom is 0.254 e. The van der Waals surface area contributed by atoms with Crippen molar-refractivity contribution in [3.8, 4) is 5.75 Å². The van der Waals surface area contributed by atoms with Gasteiger partial charge in [-0.25, -0.2) is 0 Å². The molecule has 0 aliphatic rings. The van der Waals surface area contributed by atoms with Gasteiger partial charge in [-0.1, -0.05) is 71.7 Å². The fourth-order valence-electron chi connectivity index (χ4n) is 2.32. The summed E-state index contributed by atoms with van der Waals surface area (Å²) in [5, 5.41) is 0.523. The Labute approximate surface area is 150 Å². The van der Waals surface area contributed by atoms with E-state index in [0.29, 0.717) is 22.9 Å². The number of hydrogen-bond acceptors (Lipinski definition) is 2. The van der Waals surface area contributed by atoms with E-state index in [9.17, 15) is 4.79 Å². The fraction of sp³-hybridized carbons (Fsp3) is 0.105. The van der Waals surface area contributed by atoms with Gasteiger partial charge in [-0.05, 0) is 17.7 Å². The van der Waals surface area contributed by atoms with Crippen LogP contribution in [0.1, 0.15) is 16.7 Å². The van der Waals surface area contributed by atoms with Crippen molar-refractivity contribution in [1.82, 2.24) is 4.57 Å². The van der Waals surface area contributed by atoms with Crippen molar-refractivity contribution in [2.24, 2.45) is 0 Å². The van der Waals surface area contributed by atoms with Crippen molar-refractivity contribution in [3.05, 3.63) is 99.4 Å². The van der Waals surface area contributed by atoms with E-state index in [1.807, 2.05) is 42.5 Å². The highest BCUT2D eigenvalue weighted by Gasteiger charge is 2.13. The van der Waals surface area contributed by atoms with Crippen LogP contribution in [0.15, 0.2) is 77.7 Å². The summed E-state index contributed by atoms with van der Waals surface area (Å²) in [6.07, 6.45) is 1.70. The number of alkyl halides is 1. The molecule has 3 aromatic rings. The van der Waals surface area contributed by atoms with Gasteiger partial charge >= 0.3 is 0 Å². The topological polar surface area (TPSA) is 31.2 Å². The highest BCUT2D eigenvalue weighted by Crippen LogP contribution is 2.29. The molecule has 24 heavy (non-hydrogen) atoms. The molecule has 0 aliphatic carbocycles. The lowest BCUT2D eigenvalue weighted by molar-refractivity contribution is 0.287. The molecule has 3 nitrogen and oxygen atoms in total. The molecular formula is C19H15Cl2NO2. The molecule has 0 N–H and O–H groups in total. The zero-order valence-corrected chi connectivity index (χ0v) is 14.2. The van der Waals surface area contributed by atoms with E-state index in [2.05, 4.69) is 0 Å². The van der Waals surface area contributed by atoms with Crippen molar-refractivity contribution >= 4 is 23.2 Å². The van der Waals surface area contributed by atoms with E-state index in [0.717, 1.165) is 5.56 Å². The summed E-state index contributed by atoms with van der Waals surface area (Å²) in [5.41, 5.74) is 0.802. The van der Waals surface area contributed by atoms with Crippen molar-refractivity contribution in [3.63, 3.8) is 0 Å². The predicted molar refractivity (Wildman–Crippen MR) is 96.9 cm³/mol. The van der Waals surface area contributed by atoms with Gasteiger partial charge in [0.25, 0.3) is 5.56 Å². The molecule has 1 atom stereocenters. The molecule has 0 radical (unpaired) electrons. The minimum Gasteiger partial charge on any atom is -0.470 e. The van der Waals surface area contributed by atoms with Crippen LogP contribution in [0, 0.1) is 0 Å². The summed E-state index contributed by atoms with van der Waals surface area (Å²) in [6, 6.07) is 20.1. The third kappa shape index (κ3) is 3.99. The molecule has 1 heterocycles. The van der Waals surface area contributed by atoms with Crippen LogP contribution in [0.2, 0.25) is 5.02 Å². The lowest BCUT2D eigenvalue weighted by Gasteiger charge is -2.15. The minimum atomic E-state index is -0.761. The first-order valence-corrected chi connectivity index (χ1v) is 8.24. The second-order valence-electron chi connectivity index (χ2n) is 5.27. The summed E-state index contributed by atoms with van der Waals surface area (Å²) >= 11 is 12.4. The maximum atomic E-state index is 12.2. The summed E-state index contributed by atoms with van der Waals surface area (Å²) in [4.78, 5) is 12.2. The normalized spacial score (nSPS) is 11.9. The number of hydrogen-bond donors (Lipinski definition) is 0. The van der Waals surface area contributed by atoms with Crippen molar-refractivity contribution in [2.45, 2.75) is 12.1 Å². The molecular weight excluding hydrogens is 345 g/mol. The van der Waals surface area contributed by atoms with Gasteiger partial charge in [-0.15, -0.1) is 0 Å². The third-order valence-corrected chi connectivity index (χ3v) is 4.22. The molecule has 0 spiro atoms. The molecule has 0 saturated heterocycles. The maximum absolute atomic E-state index is 12.2. The average molecular weight is 360 g/mol. The lowest BCUT2D eigenvalue weighted by atomic mass is 10.2. The van der Waals surface area contributed by atoms with Gasteiger partial charge in [0.05, 0.1) is 6.54 Å². The Bertz CT molecular complexity index is 878. The van der Waals surface area contributed by atoms with E-state index in [4.69, 9.17) is 27.9 Å². The first kappa shape index (κ1) is 16.6. The second kappa shape index (κ2) is 7.56. The predicted octanol–water partition coefficient (Wildman–Crippen LogP) is 4.87. The zero-order valence-electron chi connectivity index (χ0n) is 12.7. The summed E-state index contributed by atoms with van der Waals surface area (Å²) in [5.74, 6) is 0.407. The number of ether oxygens (including phenoxy) is 1. The standard InChI is InChI=1S/C19H15Cl2NO2/c20-17-9-5-4-8-16(17)19(21)24-15-10-11-22(18(23)12-15)13-14-6-2-1-3-7-14/h1-12,19H,13H2. The van der Waals surface area contributed by atoms with E-state index >= 15 is 0 Å². The molecule has 1 unspecified atom stereocenters. The smallest absolute Gasteiger partial charge is 0.254 e. The summed E-state index contributed by atoms with van der Waals surface area (Å²) in [6.45, 7) is 0.509.